The summed E-state index contributed by atoms with van der Waals surface area (Å²) in [4.78, 5) is 25.9. The lowest BCUT2D eigenvalue weighted by atomic mass is 10.1. The molecule has 1 fully saturated rings. The Hall–Kier alpha value is -2.71. The molecule has 1 aromatic carbocycles. The van der Waals surface area contributed by atoms with Gasteiger partial charge in [0.15, 0.2) is 5.69 Å². The number of carbonyl (C=O) groups excluding carboxylic acids is 1. The van der Waals surface area contributed by atoms with Gasteiger partial charge in [-0.15, -0.1) is 0 Å². The van der Waals surface area contributed by atoms with Gasteiger partial charge in [0.2, 0.25) is 0 Å². The summed E-state index contributed by atoms with van der Waals surface area (Å²) in [5.74, 6) is -1.72. The van der Waals surface area contributed by atoms with E-state index in [4.69, 9.17) is 9.84 Å². The van der Waals surface area contributed by atoms with E-state index in [0.29, 0.717) is 5.69 Å². The van der Waals surface area contributed by atoms with E-state index >= 15 is 0 Å². The molecule has 0 bridgehead atoms. The fraction of sp³-hybridized carbons (Fsp3) is 0.353. The van der Waals surface area contributed by atoms with E-state index < -0.39 is 11.9 Å². The second-order valence-corrected chi connectivity index (χ2v) is 5.91. The molecule has 0 aliphatic carbocycles. The van der Waals surface area contributed by atoms with Crippen molar-refractivity contribution in [3.63, 3.8) is 0 Å². The van der Waals surface area contributed by atoms with Crippen LogP contribution < -0.4 is 5.32 Å². The van der Waals surface area contributed by atoms with E-state index in [1.807, 2.05) is 18.2 Å². The van der Waals surface area contributed by atoms with Crippen LogP contribution in [0.3, 0.4) is 0 Å². The van der Waals surface area contributed by atoms with Gasteiger partial charge in [-0.25, -0.2) is 4.79 Å². The van der Waals surface area contributed by atoms with Crippen LogP contribution in [0, 0.1) is 0 Å². The molecular formula is C17H20N4O4. The molecule has 132 valence electrons. The summed E-state index contributed by atoms with van der Waals surface area (Å²) in [5, 5.41) is 15.7. The number of aromatic carboxylic acids is 1. The molecule has 0 saturated carbocycles. The van der Waals surface area contributed by atoms with Gasteiger partial charge in [0.25, 0.3) is 5.91 Å². The zero-order chi connectivity index (χ0) is 17.8. The smallest absolute Gasteiger partial charge is 0.357 e. The van der Waals surface area contributed by atoms with Crippen LogP contribution in [0.1, 0.15) is 26.4 Å². The molecular weight excluding hydrogens is 324 g/mol. The number of aryl methyl sites for hydroxylation is 1. The normalized spacial score (nSPS) is 15.1. The highest BCUT2D eigenvalue weighted by molar-refractivity contribution is 6.09. The lowest BCUT2D eigenvalue weighted by Crippen LogP contribution is -2.35. The van der Waals surface area contributed by atoms with Crippen LogP contribution in [0.25, 0.3) is 0 Å². The Morgan fingerprint density at radius 2 is 2.08 bits per heavy atom. The van der Waals surface area contributed by atoms with E-state index in [2.05, 4.69) is 15.3 Å². The number of hydrogen-bond acceptors (Lipinski definition) is 5. The molecule has 25 heavy (non-hydrogen) atoms. The molecule has 0 unspecified atom stereocenters. The second-order valence-electron chi connectivity index (χ2n) is 5.91. The van der Waals surface area contributed by atoms with Crippen LogP contribution in [0.2, 0.25) is 0 Å². The summed E-state index contributed by atoms with van der Waals surface area (Å²) in [5.41, 5.74) is 1.47. The molecule has 1 aliphatic rings. The van der Waals surface area contributed by atoms with Crippen LogP contribution >= 0.6 is 0 Å². The van der Waals surface area contributed by atoms with Crippen molar-refractivity contribution in [1.82, 2.24) is 14.7 Å². The molecule has 1 aliphatic heterocycles. The molecule has 1 aromatic heterocycles. The second kappa shape index (κ2) is 7.45. The number of carboxylic acid groups (broad SMARTS) is 1. The van der Waals surface area contributed by atoms with Gasteiger partial charge in [-0.1, -0.05) is 12.1 Å². The topological polar surface area (TPSA) is 96.7 Å². The number of anilines is 1. The summed E-state index contributed by atoms with van der Waals surface area (Å²) in [6.45, 7) is 4.01. The van der Waals surface area contributed by atoms with Crippen molar-refractivity contribution in [1.29, 1.82) is 0 Å². The minimum Gasteiger partial charge on any atom is -0.476 e. The molecule has 0 atom stereocenters. The number of benzene rings is 1. The monoisotopic (exact) mass is 344 g/mol. The Bertz CT molecular complexity index is 781. The van der Waals surface area contributed by atoms with Crippen LogP contribution in [-0.2, 0) is 18.3 Å². The number of nitrogens with one attached hydrogen (secondary N) is 1. The Morgan fingerprint density at radius 3 is 2.80 bits per heavy atom. The molecule has 1 amide bonds. The van der Waals surface area contributed by atoms with Gasteiger partial charge in [-0.2, -0.15) is 5.10 Å². The van der Waals surface area contributed by atoms with Crippen molar-refractivity contribution in [2.75, 3.05) is 31.6 Å². The van der Waals surface area contributed by atoms with Crippen molar-refractivity contribution in [2.45, 2.75) is 6.54 Å². The van der Waals surface area contributed by atoms with Gasteiger partial charge in [-0.3, -0.25) is 14.4 Å². The number of hydrogen-bond donors (Lipinski definition) is 2. The lowest BCUT2D eigenvalue weighted by Gasteiger charge is -2.26. The standard InChI is InChI=1S/C17H20N4O4/c1-20-11-14(15(19-20)17(23)24)16(22)18-13-4-2-3-12(9-13)10-21-5-7-25-8-6-21/h2-4,9,11H,5-8,10H2,1H3,(H,18,22)(H,23,24). The van der Waals surface area contributed by atoms with Crippen LogP contribution in [0.5, 0.6) is 0 Å². The van der Waals surface area contributed by atoms with Crippen molar-refractivity contribution < 1.29 is 19.4 Å². The first-order valence-electron chi connectivity index (χ1n) is 8.00. The number of carboxylic acids is 1. The molecule has 0 spiro atoms. The van der Waals surface area contributed by atoms with Crippen LogP contribution in [0.4, 0.5) is 5.69 Å². The fourth-order valence-corrected chi connectivity index (χ4v) is 2.78. The fourth-order valence-electron chi connectivity index (χ4n) is 2.78. The number of morpholine rings is 1. The number of carbonyl (C=O) groups is 2. The van der Waals surface area contributed by atoms with Crippen LogP contribution in [0.15, 0.2) is 30.5 Å². The molecule has 0 radical (unpaired) electrons. The maximum absolute atomic E-state index is 12.4. The molecule has 8 nitrogen and oxygen atoms in total. The highest BCUT2D eigenvalue weighted by atomic mass is 16.5. The van der Waals surface area contributed by atoms with E-state index in [0.717, 1.165) is 38.4 Å². The van der Waals surface area contributed by atoms with Gasteiger partial charge < -0.3 is 15.2 Å². The summed E-state index contributed by atoms with van der Waals surface area (Å²) in [7, 11) is 1.58. The quantitative estimate of drug-likeness (QED) is 0.846. The third kappa shape index (κ3) is 4.23. The Balaban J connectivity index is 1.71. The van der Waals surface area contributed by atoms with Gasteiger partial charge in [0, 0.05) is 38.6 Å². The summed E-state index contributed by atoms with van der Waals surface area (Å²) in [6, 6.07) is 7.53. The number of ether oxygens (including phenoxy) is 1. The lowest BCUT2D eigenvalue weighted by molar-refractivity contribution is 0.0342. The van der Waals surface area contributed by atoms with Gasteiger partial charge in [-0.05, 0) is 17.7 Å². The number of rotatable bonds is 5. The van der Waals surface area contributed by atoms with E-state index in [1.54, 1.807) is 13.1 Å². The molecule has 3 rings (SSSR count). The summed E-state index contributed by atoms with van der Waals surface area (Å²) < 4.78 is 6.65. The van der Waals surface area contributed by atoms with Crippen molar-refractivity contribution in [3.05, 3.63) is 47.3 Å². The van der Waals surface area contributed by atoms with Crippen molar-refractivity contribution in [2.24, 2.45) is 7.05 Å². The third-order valence-electron chi connectivity index (χ3n) is 3.97. The highest BCUT2D eigenvalue weighted by Gasteiger charge is 2.21. The van der Waals surface area contributed by atoms with Crippen LogP contribution in [-0.4, -0.2) is 58.0 Å². The maximum atomic E-state index is 12.4. The molecule has 2 N–H and O–H groups in total. The largest absolute Gasteiger partial charge is 0.476 e. The Morgan fingerprint density at radius 1 is 1.32 bits per heavy atom. The highest BCUT2D eigenvalue weighted by Crippen LogP contribution is 2.16. The Kier molecular flexibility index (Phi) is 5.11. The minimum absolute atomic E-state index is 0.0357. The average Bonchev–Trinajstić information content (AvgIpc) is 2.98. The van der Waals surface area contributed by atoms with E-state index in [1.165, 1.54) is 10.9 Å². The molecule has 1 saturated heterocycles. The number of nitrogens with zero attached hydrogens (tertiary/aromatic N) is 3. The first kappa shape index (κ1) is 17.1. The molecule has 8 heteroatoms. The zero-order valence-electron chi connectivity index (χ0n) is 13.9. The molecule has 2 heterocycles. The summed E-state index contributed by atoms with van der Waals surface area (Å²) >= 11 is 0. The number of amides is 1. The zero-order valence-corrected chi connectivity index (χ0v) is 13.9. The maximum Gasteiger partial charge on any atom is 0.357 e. The number of aromatic nitrogens is 2. The predicted octanol–water partition coefficient (Wildman–Crippen LogP) is 1.20. The van der Waals surface area contributed by atoms with Crippen molar-refractivity contribution in [3.8, 4) is 0 Å². The first-order valence-corrected chi connectivity index (χ1v) is 8.00. The third-order valence-corrected chi connectivity index (χ3v) is 3.97. The van der Waals surface area contributed by atoms with E-state index in [-0.39, 0.29) is 11.3 Å². The van der Waals surface area contributed by atoms with Gasteiger partial charge in [0.05, 0.1) is 18.8 Å². The van der Waals surface area contributed by atoms with Crippen molar-refractivity contribution >= 4 is 17.6 Å². The van der Waals surface area contributed by atoms with Gasteiger partial charge >= 0.3 is 5.97 Å². The predicted molar refractivity (Wildman–Crippen MR) is 90.7 cm³/mol. The first-order chi connectivity index (χ1) is 12.0. The SMILES string of the molecule is Cn1cc(C(=O)Nc2cccc(CN3CCOCC3)c2)c(C(=O)O)n1. The van der Waals surface area contributed by atoms with Gasteiger partial charge in [0.1, 0.15) is 0 Å². The average molecular weight is 344 g/mol. The minimum atomic E-state index is -1.23. The van der Waals surface area contributed by atoms with E-state index in [9.17, 15) is 9.59 Å². The molecule has 2 aromatic rings. The Labute approximate surface area is 145 Å². The summed E-state index contributed by atoms with van der Waals surface area (Å²) in [6.07, 6.45) is 1.40.